The molecular formula is C16H32N2O3. The smallest absolute Gasteiger partial charge is 0.327 e. The molecule has 0 radical (unpaired) electrons. The van der Waals surface area contributed by atoms with E-state index in [1.165, 1.54) is 0 Å². The molecule has 0 saturated heterocycles. The summed E-state index contributed by atoms with van der Waals surface area (Å²) in [5.74, 6) is 0.831. The Morgan fingerprint density at radius 3 is 2.52 bits per heavy atom. The number of hydrogen-bond donors (Lipinski definition) is 1. The lowest BCUT2D eigenvalue weighted by Gasteiger charge is -2.37. The highest BCUT2D eigenvalue weighted by Gasteiger charge is 2.51. The van der Waals surface area contributed by atoms with Crippen molar-refractivity contribution in [2.75, 3.05) is 47.0 Å². The number of hydrogen-bond acceptors (Lipinski definition) is 5. The largest absolute Gasteiger partial charge is 0.465 e. The second kappa shape index (κ2) is 8.71. The van der Waals surface area contributed by atoms with Crippen molar-refractivity contribution in [1.82, 2.24) is 10.2 Å². The fourth-order valence-electron chi connectivity index (χ4n) is 2.91. The van der Waals surface area contributed by atoms with E-state index in [0.717, 1.165) is 25.9 Å². The van der Waals surface area contributed by atoms with E-state index in [0.29, 0.717) is 31.6 Å². The monoisotopic (exact) mass is 300 g/mol. The molecule has 1 atom stereocenters. The van der Waals surface area contributed by atoms with Crippen LogP contribution in [-0.2, 0) is 14.3 Å². The maximum atomic E-state index is 12.5. The van der Waals surface area contributed by atoms with Gasteiger partial charge in [0.25, 0.3) is 0 Å². The quantitative estimate of drug-likeness (QED) is 0.586. The molecule has 0 amide bonds. The van der Waals surface area contributed by atoms with E-state index < -0.39 is 5.54 Å². The Kier molecular flexibility index (Phi) is 7.63. The number of nitrogens with one attached hydrogen (secondary N) is 1. The first kappa shape index (κ1) is 18.4. The SMILES string of the molecule is CCOC(=O)C(CN(CCOC)CC(C)C)(NC)C1CC1. The number of ether oxygens (including phenoxy) is 2. The average Bonchev–Trinajstić information content (AvgIpc) is 3.26. The van der Waals surface area contributed by atoms with Crippen LogP contribution in [0.25, 0.3) is 0 Å². The van der Waals surface area contributed by atoms with E-state index in [2.05, 4.69) is 24.1 Å². The van der Waals surface area contributed by atoms with Crippen LogP contribution in [0, 0.1) is 11.8 Å². The summed E-state index contributed by atoms with van der Waals surface area (Å²) in [6.07, 6.45) is 2.19. The summed E-state index contributed by atoms with van der Waals surface area (Å²) in [5, 5.41) is 3.29. The maximum Gasteiger partial charge on any atom is 0.327 e. The minimum Gasteiger partial charge on any atom is -0.465 e. The molecule has 0 aromatic rings. The van der Waals surface area contributed by atoms with Gasteiger partial charge in [0.1, 0.15) is 5.54 Å². The molecule has 1 aliphatic carbocycles. The van der Waals surface area contributed by atoms with E-state index in [9.17, 15) is 4.79 Å². The van der Waals surface area contributed by atoms with Gasteiger partial charge in [-0.15, -0.1) is 0 Å². The molecule has 1 unspecified atom stereocenters. The van der Waals surface area contributed by atoms with Gasteiger partial charge in [0.15, 0.2) is 0 Å². The van der Waals surface area contributed by atoms with Gasteiger partial charge in [-0.3, -0.25) is 4.90 Å². The van der Waals surface area contributed by atoms with Crippen LogP contribution in [0.2, 0.25) is 0 Å². The molecule has 21 heavy (non-hydrogen) atoms. The van der Waals surface area contributed by atoms with Gasteiger partial charge in [0.2, 0.25) is 0 Å². The van der Waals surface area contributed by atoms with Crippen molar-refractivity contribution < 1.29 is 14.3 Å². The number of carbonyl (C=O) groups is 1. The molecule has 1 saturated carbocycles. The zero-order valence-corrected chi connectivity index (χ0v) is 14.3. The lowest BCUT2D eigenvalue weighted by atomic mass is 9.92. The molecule has 0 aliphatic heterocycles. The van der Waals surface area contributed by atoms with Crippen LogP contribution in [0.1, 0.15) is 33.6 Å². The van der Waals surface area contributed by atoms with Crippen LogP contribution in [-0.4, -0.2) is 63.4 Å². The zero-order valence-electron chi connectivity index (χ0n) is 14.3. The number of methoxy groups -OCH3 is 1. The van der Waals surface area contributed by atoms with Crippen molar-refractivity contribution in [3.63, 3.8) is 0 Å². The van der Waals surface area contributed by atoms with Gasteiger partial charge < -0.3 is 14.8 Å². The van der Waals surface area contributed by atoms with Gasteiger partial charge in [0.05, 0.1) is 13.2 Å². The first-order valence-corrected chi connectivity index (χ1v) is 8.07. The van der Waals surface area contributed by atoms with Crippen molar-refractivity contribution in [2.45, 2.75) is 39.2 Å². The van der Waals surface area contributed by atoms with Gasteiger partial charge in [-0.1, -0.05) is 13.8 Å². The molecule has 124 valence electrons. The minimum atomic E-state index is -0.571. The van der Waals surface area contributed by atoms with E-state index in [1.807, 2.05) is 14.0 Å². The Bertz CT molecular complexity index is 319. The molecule has 5 heteroatoms. The number of esters is 1. The molecular weight excluding hydrogens is 268 g/mol. The summed E-state index contributed by atoms with van der Waals surface area (Å²) in [5.41, 5.74) is -0.571. The fraction of sp³-hybridized carbons (Fsp3) is 0.938. The molecule has 0 aromatic heterocycles. The normalized spacial score (nSPS) is 18.0. The van der Waals surface area contributed by atoms with E-state index >= 15 is 0 Å². The Balaban J connectivity index is 2.82. The van der Waals surface area contributed by atoms with Crippen molar-refractivity contribution in [3.8, 4) is 0 Å². The molecule has 0 heterocycles. The molecule has 1 aliphatic rings. The number of likely N-dealkylation sites (N-methyl/N-ethyl adjacent to an activating group) is 1. The highest BCUT2D eigenvalue weighted by atomic mass is 16.5. The van der Waals surface area contributed by atoms with E-state index in [4.69, 9.17) is 9.47 Å². The van der Waals surface area contributed by atoms with Gasteiger partial charge >= 0.3 is 5.97 Å². The topological polar surface area (TPSA) is 50.8 Å². The number of carbonyl (C=O) groups excluding carboxylic acids is 1. The van der Waals surface area contributed by atoms with Crippen LogP contribution in [0.4, 0.5) is 0 Å². The first-order chi connectivity index (χ1) is 10.00. The van der Waals surface area contributed by atoms with Gasteiger partial charge in [0, 0.05) is 26.7 Å². The lowest BCUT2D eigenvalue weighted by molar-refractivity contribution is -0.153. The van der Waals surface area contributed by atoms with Crippen molar-refractivity contribution in [2.24, 2.45) is 11.8 Å². The second-order valence-electron chi connectivity index (χ2n) is 6.34. The second-order valence-corrected chi connectivity index (χ2v) is 6.34. The summed E-state index contributed by atoms with van der Waals surface area (Å²) >= 11 is 0. The van der Waals surface area contributed by atoms with Crippen LogP contribution in [0.5, 0.6) is 0 Å². The third-order valence-corrected chi connectivity index (χ3v) is 4.07. The predicted octanol–water partition coefficient (Wildman–Crippen LogP) is 1.52. The van der Waals surface area contributed by atoms with Gasteiger partial charge in [-0.25, -0.2) is 4.79 Å². The average molecular weight is 300 g/mol. The molecule has 1 fully saturated rings. The number of nitrogens with zero attached hydrogens (tertiary/aromatic N) is 1. The Morgan fingerprint density at radius 1 is 1.43 bits per heavy atom. The van der Waals surface area contributed by atoms with Crippen LogP contribution >= 0.6 is 0 Å². The fourth-order valence-corrected chi connectivity index (χ4v) is 2.91. The zero-order chi connectivity index (χ0) is 15.9. The summed E-state index contributed by atoms with van der Waals surface area (Å²) in [4.78, 5) is 14.8. The Hall–Kier alpha value is -0.650. The number of rotatable bonds is 11. The van der Waals surface area contributed by atoms with Crippen molar-refractivity contribution >= 4 is 5.97 Å². The van der Waals surface area contributed by atoms with Gasteiger partial charge in [-0.05, 0) is 38.6 Å². The standard InChI is InChI=1S/C16H32N2O3/c1-6-21-15(19)16(17-4,14-7-8-14)12-18(9-10-20-5)11-13(2)3/h13-14,17H,6-12H2,1-5H3. The third-order valence-electron chi connectivity index (χ3n) is 4.07. The van der Waals surface area contributed by atoms with Crippen LogP contribution in [0.15, 0.2) is 0 Å². The molecule has 1 rings (SSSR count). The summed E-state index contributed by atoms with van der Waals surface area (Å²) < 4.78 is 10.6. The highest BCUT2D eigenvalue weighted by Crippen LogP contribution is 2.41. The Labute approximate surface area is 129 Å². The summed E-state index contributed by atoms with van der Waals surface area (Å²) in [7, 11) is 3.59. The Morgan fingerprint density at radius 2 is 2.10 bits per heavy atom. The predicted molar refractivity (Wildman–Crippen MR) is 84.3 cm³/mol. The third kappa shape index (κ3) is 5.24. The molecule has 0 spiro atoms. The summed E-state index contributed by atoms with van der Waals surface area (Å²) in [6, 6.07) is 0. The minimum absolute atomic E-state index is 0.110. The highest BCUT2D eigenvalue weighted by molar-refractivity contribution is 5.82. The van der Waals surface area contributed by atoms with Crippen LogP contribution in [0.3, 0.4) is 0 Å². The lowest BCUT2D eigenvalue weighted by Crippen LogP contribution is -2.60. The molecule has 5 nitrogen and oxygen atoms in total. The van der Waals surface area contributed by atoms with E-state index in [1.54, 1.807) is 7.11 Å². The molecule has 0 bridgehead atoms. The summed E-state index contributed by atoms with van der Waals surface area (Å²) in [6.45, 7) is 9.85. The van der Waals surface area contributed by atoms with Crippen molar-refractivity contribution in [3.05, 3.63) is 0 Å². The molecule has 0 aromatic carbocycles. The van der Waals surface area contributed by atoms with Crippen LogP contribution < -0.4 is 5.32 Å². The van der Waals surface area contributed by atoms with Gasteiger partial charge in [-0.2, -0.15) is 0 Å². The van der Waals surface area contributed by atoms with Crippen molar-refractivity contribution in [1.29, 1.82) is 0 Å². The molecule has 1 N–H and O–H groups in total. The maximum absolute atomic E-state index is 12.5. The van der Waals surface area contributed by atoms with E-state index in [-0.39, 0.29) is 5.97 Å². The first-order valence-electron chi connectivity index (χ1n) is 8.07.